The van der Waals surface area contributed by atoms with Gasteiger partial charge in [-0.2, -0.15) is 0 Å². The van der Waals surface area contributed by atoms with Crippen LogP contribution in [0.1, 0.15) is 36.6 Å². The Morgan fingerprint density at radius 2 is 1.81 bits per heavy atom. The molecular formula is C34H32N2O6S. The molecule has 3 aromatic carbocycles. The lowest BCUT2D eigenvalue weighted by atomic mass is 9.96. The number of carbonyl (C=O) groups is 1. The van der Waals surface area contributed by atoms with Gasteiger partial charge in [-0.3, -0.25) is 9.36 Å². The lowest BCUT2D eigenvalue weighted by Gasteiger charge is -2.24. The van der Waals surface area contributed by atoms with E-state index in [0.29, 0.717) is 51.1 Å². The van der Waals surface area contributed by atoms with Crippen molar-refractivity contribution in [3.8, 4) is 17.2 Å². The molecule has 8 nitrogen and oxygen atoms in total. The number of benzene rings is 3. The maximum Gasteiger partial charge on any atom is 0.338 e. The zero-order chi connectivity index (χ0) is 30.3. The lowest BCUT2D eigenvalue weighted by Crippen LogP contribution is -2.39. The van der Waals surface area contributed by atoms with Crippen molar-refractivity contribution in [2.75, 3.05) is 20.3 Å². The SMILES string of the molecule is C=CCOc1ccc([C@@H]2C(C(=O)OCC)=C(C)N=c3s/c(=C\c4ccc(OCc5ccccc5)c(OC)c4)c(=O)n32)cc1. The molecule has 0 unspecified atom stereocenters. The van der Waals surface area contributed by atoms with Crippen LogP contribution in [0.5, 0.6) is 17.2 Å². The molecule has 0 amide bonds. The number of allylic oxidation sites excluding steroid dienone is 1. The molecule has 1 atom stereocenters. The van der Waals surface area contributed by atoms with Gasteiger partial charge in [0.05, 0.1) is 35.6 Å². The largest absolute Gasteiger partial charge is 0.493 e. The molecule has 1 aliphatic rings. The van der Waals surface area contributed by atoms with Gasteiger partial charge in [0.1, 0.15) is 19.0 Å². The lowest BCUT2D eigenvalue weighted by molar-refractivity contribution is -0.139. The van der Waals surface area contributed by atoms with Gasteiger partial charge < -0.3 is 18.9 Å². The fourth-order valence-corrected chi connectivity index (χ4v) is 5.83. The Hall–Kier alpha value is -4.89. The predicted molar refractivity (Wildman–Crippen MR) is 166 cm³/mol. The predicted octanol–water partition coefficient (Wildman–Crippen LogP) is 4.95. The minimum Gasteiger partial charge on any atom is -0.493 e. The molecule has 2 heterocycles. The molecule has 0 saturated heterocycles. The molecule has 220 valence electrons. The maximum absolute atomic E-state index is 13.9. The van der Waals surface area contributed by atoms with Crippen LogP contribution in [0.2, 0.25) is 0 Å². The molecule has 0 N–H and O–H groups in total. The smallest absolute Gasteiger partial charge is 0.338 e. The Bertz CT molecular complexity index is 1840. The molecular weight excluding hydrogens is 564 g/mol. The van der Waals surface area contributed by atoms with Gasteiger partial charge in [0.25, 0.3) is 5.56 Å². The molecule has 5 rings (SSSR count). The van der Waals surface area contributed by atoms with Crippen LogP contribution in [0.4, 0.5) is 0 Å². The second-order valence-corrected chi connectivity index (χ2v) is 10.7. The number of methoxy groups -OCH3 is 1. The van der Waals surface area contributed by atoms with Gasteiger partial charge in [0.2, 0.25) is 0 Å². The third-order valence-electron chi connectivity index (χ3n) is 6.80. The van der Waals surface area contributed by atoms with E-state index in [0.717, 1.165) is 16.7 Å². The number of esters is 1. The summed E-state index contributed by atoms with van der Waals surface area (Å²) in [5.41, 5.74) is 3.10. The second-order valence-electron chi connectivity index (χ2n) is 9.66. The van der Waals surface area contributed by atoms with Crippen molar-refractivity contribution in [1.29, 1.82) is 0 Å². The van der Waals surface area contributed by atoms with Crippen LogP contribution in [0, 0.1) is 0 Å². The van der Waals surface area contributed by atoms with Crippen molar-refractivity contribution in [3.05, 3.63) is 133 Å². The summed E-state index contributed by atoms with van der Waals surface area (Å²) in [5, 5.41) is 0. The van der Waals surface area contributed by atoms with Crippen molar-refractivity contribution in [1.82, 2.24) is 4.57 Å². The van der Waals surface area contributed by atoms with E-state index < -0.39 is 12.0 Å². The fourth-order valence-electron chi connectivity index (χ4n) is 4.79. The maximum atomic E-state index is 13.9. The highest BCUT2D eigenvalue weighted by Gasteiger charge is 2.33. The molecule has 0 saturated carbocycles. The Kier molecular flexibility index (Phi) is 9.22. The Morgan fingerprint density at radius 3 is 2.51 bits per heavy atom. The molecule has 0 fully saturated rings. The molecule has 0 radical (unpaired) electrons. The molecule has 1 aromatic heterocycles. The number of ether oxygens (including phenoxy) is 4. The zero-order valence-electron chi connectivity index (χ0n) is 24.2. The zero-order valence-corrected chi connectivity index (χ0v) is 25.1. The third-order valence-corrected chi connectivity index (χ3v) is 7.79. The number of aromatic nitrogens is 1. The summed E-state index contributed by atoms with van der Waals surface area (Å²) in [7, 11) is 1.58. The van der Waals surface area contributed by atoms with E-state index in [4.69, 9.17) is 18.9 Å². The average molecular weight is 597 g/mol. The Morgan fingerprint density at radius 1 is 1.05 bits per heavy atom. The normalized spacial score (nSPS) is 14.5. The Labute approximate surface area is 253 Å². The van der Waals surface area contributed by atoms with Crippen molar-refractivity contribution in [2.45, 2.75) is 26.5 Å². The first-order valence-corrected chi connectivity index (χ1v) is 14.6. The Balaban J connectivity index is 1.54. The minimum atomic E-state index is -0.714. The van der Waals surface area contributed by atoms with E-state index in [-0.39, 0.29) is 12.2 Å². The van der Waals surface area contributed by atoms with E-state index in [1.807, 2.05) is 60.7 Å². The summed E-state index contributed by atoms with van der Waals surface area (Å²) in [4.78, 5) is 32.2. The van der Waals surface area contributed by atoms with Gasteiger partial charge in [0.15, 0.2) is 16.3 Å². The van der Waals surface area contributed by atoms with Gasteiger partial charge in [-0.25, -0.2) is 9.79 Å². The first-order chi connectivity index (χ1) is 20.9. The van der Waals surface area contributed by atoms with Gasteiger partial charge in [-0.05, 0) is 60.9 Å². The molecule has 0 aliphatic carbocycles. The van der Waals surface area contributed by atoms with Crippen molar-refractivity contribution in [2.24, 2.45) is 4.99 Å². The van der Waals surface area contributed by atoms with E-state index in [1.54, 1.807) is 49.8 Å². The molecule has 43 heavy (non-hydrogen) atoms. The first kappa shape index (κ1) is 29.6. The average Bonchev–Trinajstić information content (AvgIpc) is 3.33. The number of fused-ring (bicyclic) bond motifs is 1. The number of rotatable bonds is 11. The van der Waals surface area contributed by atoms with Crippen LogP contribution in [0.15, 0.2) is 107 Å². The second kappa shape index (κ2) is 13.4. The van der Waals surface area contributed by atoms with E-state index >= 15 is 0 Å². The first-order valence-electron chi connectivity index (χ1n) is 13.8. The highest BCUT2D eigenvalue weighted by atomic mass is 32.1. The van der Waals surface area contributed by atoms with Crippen LogP contribution in [0.3, 0.4) is 0 Å². The summed E-state index contributed by atoms with van der Waals surface area (Å²) in [5.74, 6) is 1.29. The minimum absolute atomic E-state index is 0.202. The summed E-state index contributed by atoms with van der Waals surface area (Å²) in [6.45, 7) is 8.16. The van der Waals surface area contributed by atoms with E-state index in [9.17, 15) is 9.59 Å². The number of hydrogen-bond acceptors (Lipinski definition) is 8. The topological polar surface area (TPSA) is 88.4 Å². The summed E-state index contributed by atoms with van der Waals surface area (Å²) in [6, 6.07) is 22.0. The molecule has 0 bridgehead atoms. The van der Waals surface area contributed by atoms with Gasteiger partial charge >= 0.3 is 5.97 Å². The van der Waals surface area contributed by atoms with E-state index in [2.05, 4.69) is 11.6 Å². The number of thiazole rings is 1. The van der Waals surface area contributed by atoms with Crippen molar-refractivity contribution >= 4 is 23.4 Å². The highest BCUT2D eigenvalue weighted by molar-refractivity contribution is 7.07. The molecule has 0 spiro atoms. The van der Waals surface area contributed by atoms with Gasteiger partial charge in [-0.15, -0.1) is 0 Å². The van der Waals surface area contributed by atoms with Crippen LogP contribution in [0.25, 0.3) is 6.08 Å². The van der Waals surface area contributed by atoms with Crippen molar-refractivity contribution in [3.63, 3.8) is 0 Å². The quantitative estimate of drug-likeness (QED) is 0.180. The van der Waals surface area contributed by atoms with Gasteiger partial charge in [0, 0.05) is 0 Å². The molecule has 1 aliphatic heterocycles. The summed E-state index contributed by atoms with van der Waals surface area (Å²) < 4.78 is 24.6. The van der Waals surface area contributed by atoms with Gasteiger partial charge in [-0.1, -0.05) is 72.5 Å². The van der Waals surface area contributed by atoms with E-state index in [1.165, 1.54) is 11.3 Å². The highest BCUT2D eigenvalue weighted by Crippen LogP contribution is 2.32. The monoisotopic (exact) mass is 596 g/mol. The summed E-state index contributed by atoms with van der Waals surface area (Å²) >= 11 is 1.26. The number of carbonyl (C=O) groups excluding carboxylic acids is 1. The number of hydrogen-bond donors (Lipinski definition) is 0. The van der Waals surface area contributed by atoms with Crippen LogP contribution < -0.4 is 29.1 Å². The third kappa shape index (κ3) is 6.47. The summed E-state index contributed by atoms with van der Waals surface area (Å²) in [6.07, 6.45) is 3.46. The molecule has 4 aromatic rings. The van der Waals surface area contributed by atoms with Crippen LogP contribution in [-0.2, 0) is 16.1 Å². The fraction of sp³-hybridized carbons (Fsp3) is 0.206. The molecule has 9 heteroatoms. The standard InChI is InChI=1S/C34H32N2O6S/c1-5-18-41-26-15-13-25(14-16-26)31-30(33(38)40-6-2)22(3)35-34-36(31)32(37)29(43-34)20-24-12-17-27(28(19-24)39-4)42-21-23-10-8-7-9-11-23/h5,7-17,19-20,31H,1,6,18,21H2,2-4H3/b29-20-/t31-/m1/s1. The number of nitrogens with zero attached hydrogens (tertiary/aromatic N) is 2. The van der Waals surface area contributed by atoms with Crippen LogP contribution in [-0.4, -0.2) is 30.9 Å². The van der Waals surface area contributed by atoms with Crippen LogP contribution >= 0.6 is 11.3 Å². The van der Waals surface area contributed by atoms with Crippen molar-refractivity contribution < 1.29 is 23.7 Å².